The molecular weight excluding hydrogens is 318 g/mol. The highest BCUT2D eigenvalue weighted by Gasteiger charge is 2.30. The molecule has 0 aromatic carbocycles. The summed E-state index contributed by atoms with van der Waals surface area (Å²) in [5.74, 6) is 0.269. The van der Waals surface area contributed by atoms with Gasteiger partial charge in [-0.05, 0) is 51.8 Å². The minimum Gasteiger partial charge on any atom is -0.348 e. The molecule has 25 heavy (non-hydrogen) atoms. The largest absolute Gasteiger partial charge is 0.348 e. The maximum absolute atomic E-state index is 12.9. The van der Waals surface area contributed by atoms with Gasteiger partial charge in [0.1, 0.15) is 0 Å². The van der Waals surface area contributed by atoms with E-state index in [-0.39, 0.29) is 17.7 Å². The average molecular weight is 345 g/mol. The van der Waals surface area contributed by atoms with Crippen molar-refractivity contribution in [3.63, 3.8) is 0 Å². The van der Waals surface area contributed by atoms with Crippen molar-refractivity contribution in [1.29, 1.82) is 0 Å². The number of piperidine rings is 1. The maximum Gasteiger partial charge on any atom is 0.272 e. The van der Waals surface area contributed by atoms with Crippen molar-refractivity contribution in [3.05, 3.63) is 17.5 Å². The molecule has 1 aliphatic carbocycles. The minimum absolute atomic E-state index is 0.0881. The molecule has 1 aromatic heterocycles. The van der Waals surface area contributed by atoms with Crippen molar-refractivity contribution in [2.24, 2.45) is 5.92 Å². The molecule has 3 heterocycles. The van der Waals surface area contributed by atoms with Gasteiger partial charge in [-0.1, -0.05) is 0 Å². The highest BCUT2D eigenvalue weighted by atomic mass is 16.2. The van der Waals surface area contributed by atoms with E-state index in [4.69, 9.17) is 0 Å². The van der Waals surface area contributed by atoms with E-state index in [2.05, 4.69) is 22.4 Å². The smallest absolute Gasteiger partial charge is 0.272 e. The highest BCUT2D eigenvalue weighted by molar-refractivity contribution is 5.92. The molecule has 2 aliphatic heterocycles. The maximum atomic E-state index is 12.9. The van der Waals surface area contributed by atoms with E-state index >= 15 is 0 Å². The van der Waals surface area contributed by atoms with E-state index in [1.165, 1.54) is 0 Å². The lowest BCUT2D eigenvalue weighted by Crippen LogP contribution is -2.43. The third-order valence-electron chi connectivity index (χ3n) is 5.44. The van der Waals surface area contributed by atoms with Gasteiger partial charge in [-0.15, -0.1) is 0 Å². The molecule has 7 heteroatoms. The first-order valence-corrected chi connectivity index (χ1v) is 9.45. The third-order valence-corrected chi connectivity index (χ3v) is 5.44. The molecule has 0 unspecified atom stereocenters. The molecule has 0 bridgehead atoms. The zero-order valence-electron chi connectivity index (χ0n) is 14.9. The Morgan fingerprint density at radius 2 is 2.00 bits per heavy atom. The molecule has 2 fully saturated rings. The van der Waals surface area contributed by atoms with Crippen LogP contribution in [0.5, 0.6) is 0 Å². The fraction of sp³-hybridized carbons (Fsp3) is 0.722. The first-order valence-electron chi connectivity index (χ1n) is 9.45. The van der Waals surface area contributed by atoms with Gasteiger partial charge in [0, 0.05) is 25.7 Å². The SMILES string of the molecule is CN1CCC[C@H](C(=O)N2CCCn3nc(C(=O)NC4CC4)cc3C2)C1. The summed E-state index contributed by atoms with van der Waals surface area (Å²) in [5, 5.41) is 7.45. The lowest BCUT2D eigenvalue weighted by molar-refractivity contribution is -0.137. The Labute approximate surface area is 148 Å². The summed E-state index contributed by atoms with van der Waals surface area (Å²) >= 11 is 0. The van der Waals surface area contributed by atoms with Crippen LogP contribution in [-0.4, -0.2) is 64.1 Å². The number of hydrogen-bond donors (Lipinski definition) is 1. The summed E-state index contributed by atoms with van der Waals surface area (Å²) in [6.45, 7) is 4.02. The van der Waals surface area contributed by atoms with E-state index in [0.29, 0.717) is 18.3 Å². The van der Waals surface area contributed by atoms with Crippen LogP contribution in [0.25, 0.3) is 0 Å². The van der Waals surface area contributed by atoms with Crippen molar-refractivity contribution in [1.82, 2.24) is 24.9 Å². The van der Waals surface area contributed by atoms with E-state index in [1.54, 1.807) is 0 Å². The molecule has 0 spiro atoms. The molecule has 1 saturated heterocycles. The summed E-state index contributed by atoms with van der Waals surface area (Å²) in [4.78, 5) is 29.4. The number of amides is 2. The molecule has 7 nitrogen and oxygen atoms in total. The van der Waals surface area contributed by atoms with Crippen LogP contribution in [0.15, 0.2) is 6.07 Å². The van der Waals surface area contributed by atoms with Crippen molar-refractivity contribution in [3.8, 4) is 0 Å². The lowest BCUT2D eigenvalue weighted by atomic mass is 9.97. The fourth-order valence-electron chi connectivity index (χ4n) is 3.87. The van der Waals surface area contributed by atoms with Gasteiger partial charge < -0.3 is 15.1 Å². The van der Waals surface area contributed by atoms with Crippen LogP contribution in [-0.2, 0) is 17.9 Å². The second kappa shape index (κ2) is 6.78. The van der Waals surface area contributed by atoms with Gasteiger partial charge in [0.05, 0.1) is 18.2 Å². The van der Waals surface area contributed by atoms with Crippen molar-refractivity contribution < 1.29 is 9.59 Å². The van der Waals surface area contributed by atoms with Crippen LogP contribution < -0.4 is 5.32 Å². The Morgan fingerprint density at radius 3 is 2.76 bits per heavy atom. The molecular formula is C18H27N5O2. The van der Waals surface area contributed by atoms with Gasteiger partial charge >= 0.3 is 0 Å². The summed E-state index contributed by atoms with van der Waals surface area (Å²) in [5.41, 5.74) is 1.45. The van der Waals surface area contributed by atoms with E-state index in [0.717, 1.165) is 64.0 Å². The van der Waals surface area contributed by atoms with Crippen LogP contribution in [0.4, 0.5) is 0 Å². The highest BCUT2D eigenvalue weighted by Crippen LogP contribution is 2.22. The number of aromatic nitrogens is 2. The zero-order chi connectivity index (χ0) is 17.4. The predicted molar refractivity (Wildman–Crippen MR) is 93.0 cm³/mol. The number of nitrogens with zero attached hydrogens (tertiary/aromatic N) is 4. The number of hydrogen-bond acceptors (Lipinski definition) is 4. The Bertz CT molecular complexity index is 666. The van der Waals surface area contributed by atoms with Crippen LogP contribution in [0.3, 0.4) is 0 Å². The molecule has 4 rings (SSSR count). The van der Waals surface area contributed by atoms with Gasteiger partial charge in [0.25, 0.3) is 5.91 Å². The van der Waals surface area contributed by atoms with Gasteiger partial charge in [0.15, 0.2) is 5.69 Å². The molecule has 1 atom stereocenters. The number of carbonyl (C=O) groups excluding carboxylic acids is 2. The van der Waals surface area contributed by atoms with Crippen LogP contribution >= 0.6 is 0 Å². The Kier molecular flexibility index (Phi) is 4.50. The molecule has 1 saturated carbocycles. The van der Waals surface area contributed by atoms with E-state index in [1.807, 2.05) is 15.6 Å². The molecule has 2 amide bonds. The molecule has 136 valence electrons. The topological polar surface area (TPSA) is 70.5 Å². The second-order valence-corrected chi connectivity index (χ2v) is 7.71. The van der Waals surface area contributed by atoms with E-state index < -0.39 is 0 Å². The standard InChI is InChI=1S/C18H27N5O2/c1-21-7-2-4-13(11-21)18(25)22-8-3-9-23-15(12-22)10-16(20-23)17(24)19-14-5-6-14/h10,13-14H,2-9,11-12H2,1H3,(H,19,24)/t13-/m0/s1. The second-order valence-electron chi connectivity index (χ2n) is 7.71. The zero-order valence-corrected chi connectivity index (χ0v) is 14.9. The van der Waals surface area contributed by atoms with Crippen molar-refractivity contribution in [2.75, 3.05) is 26.7 Å². The van der Waals surface area contributed by atoms with E-state index in [9.17, 15) is 9.59 Å². The molecule has 0 radical (unpaired) electrons. The number of aryl methyl sites for hydroxylation is 1. The van der Waals surface area contributed by atoms with Gasteiger partial charge in [-0.25, -0.2) is 0 Å². The van der Waals surface area contributed by atoms with Crippen LogP contribution in [0.1, 0.15) is 48.3 Å². The summed E-state index contributed by atoms with van der Waals surface area (Å²) < 4.78 is 1.90. The predicted octanol–water partition coefficient (Wildman–Crippen LogP) is 0.849. The average Bonchev–Trinajstić information content (AvgIpc) is 3.36. The minimum atomic E-state index is -0.0881. The quantitative estimate of drug-likeness (QED) is 0.882. The molecule has 3 aliphatic rings. The van der Waals surface area contributed by atoms with Gasteiger partial charge in [-0.3, -0.25) is 14.3 Å². The Hall–Kier alpha value is -1.89. The van der Waals surface area contributed by atoms with Gasteiger partial charge in [0.2, 0.25) is 5.91 Å². The van der Waals surface area contributed by atoms with Crippen molar-refractivity contribution >= 4 is 11.8 Å². The molecule has 1 aromatic rings. The van der Waals surface area contributed by atoms with Crippen LogP contribution in [0.2, 0.25) is 0 Å². The fourth-order valence-corrected chi connectivity index (χ4v) is 3.87. The van der Waals surface area contributed by atoms with Crippen LogP contribution in [0, 0.1) is 5.92 Å². The number of likely N-dealkylation sites (tertiary alicyclic amines) is 1. The Morgan fingerprint density at radius 1 is 1.16 bits per heavy atom. The summed E-state index contributed by atoms with van der Waals surface area (Å²) in [6.07, 6.45) is 5.08. The number of carbonyl (C=O) groups is 2. The summed E-state index contributed by atoms with van der Waals surface area (Å²) in [7, 11) is 2.09. The number of fused-ring (bicyclic) bond motifs is 1. The molecule has 1 N–H and O–H groups in total. The lowest BCUT2D eigenvalue weighted by Gasteiger charge is -2.32. The third kappa shape index (κ3) is 3.71. The Balaban J connectivity index is 1.45. The first-order chi connectivity index (χ1) is 12.1. The number of nitrogens with one attached hydrogen (secondary N) is 1. The number of rotatable bonds is 3. The first kappa shape index (κ1) is 16.6. The summed E-state index contributed by atoms with van der Waals surface area (Å²) in [6, 6.07) is 2.19. The monoisotopic (exact) mass is 345 g/mol. The van der Waals surface area contributed by atoms with Crippen molar-refractivity contribution in [2.45, 2.75) is 51.2 Å². The normalized spacial score (nSPS) is 24.5. The van der Waals surface area contributed by atoms with Gasteiger partial charge in [-0.2, -0.15) is 5.10 Å².